The van der Waals surface area contributed by atoms with Crippen LogP contribution in [0.5, 0.6) is 0 Å². The molecule has 4 nitrogen and oxygen atoms in total. The Morgan fingerprint density at radius 3 is 2.75 bits per heavy atom. The summed E-state index contributed by atoms with van der Waals surface area (Å²) in [5.74, 6) is 1.77. The van der Waals surface area contributed by atoms with E-state index in [-0.39, 0.29) is 5.54 Å². The van der Waals surface area contributed by atoms with Crippen LogP contribution in [0.3, 0.4) is 0 Å². The molecule has 1 fully saturated rings. The van der Waals surface area contributed by atoms with Crippen molar-refractivity contribution in [3.8, 4) is 0 Å². The maximum Gasteiger partial charge on any atom is 0.208 e. The second kappa shape index (κ2) is 4.18. The van der Waals surface area contributed by atoms with Crippen LogP contribution in [0.25, 0.3) is 0 Å². The third kappa shape index (κ3) is 2.28. The zero-order valence-electron chi connectivity index (χ0n) is 10.6. The molecule has 0 amide bonds. The number of nitrogens with one attached hydrogen (secondary N) is 1. The molecule has 0 atom stereocenters. The van der Waals surface area contributed by atoms with E-state index in [1.54, 1.807) is 0 Å². The normalized spacial score (nSPS) is 21.2. The zero-order valence-corrected chi connectivity index (χ0v) is 10.6. The molecule has 0 radical (unpaired) electrons. The highest BCUT2D eigenvalue weighted by molar-refractivity contribution is 5.05. The molecule has 0 spiro atoms. The number of hydrogen-bond donors (Lipinski definition) is 1. The summed E-state index contributed by atoms with van der Waals surface area (Å²) in [6.45, 7) is 12.4. The van der Waals surface area contributed by atoms with Crippen LogP contribution < -0.4 is 5.32 Å². The van der Waals surface area contributed by atoms with Gasteiger partial charge in [0.25, 0.3) is 0 Å². The van der Waals surface area contributed by atoms with Gasteiger partial charge in [-0.2, -0.15) is 0 Å². The van der Waals surface area contributed by atoms with Crippen molar-refractivity contribution in [1.29, 1.82) is 0 Å². The SMILES string of the molecule is Cc1nc(CN2CCNCC2(C)C)oc1C. The molecule has 2 rings (SSSR count). The number of aromatic nitrogens is 1. The highest BCUT2D eigenvalue weighted by Gasteiger charge is 2.30. The second-order valence-corrected chi connectivity index (χ2v) is 5.16. The Bertz CT molecular complexity index is 351. The maximum absolute atomic E-state index is 5.64. The smallest absolute Gasteiger partial charge is 0.208 e. The Morgan fingerprint density at radius 1 is 1.44 bits per heavy atom. The van der Waals surface area contributed by atoms with Crippen LogP contribution in [-0.4, -0.2) is 35.1 Å². The van der Waals surface area contributed by atoms with Crippen LogP contribution in [0, 0.1) is 13.8 Å². The van der Waals surface area contributed by atoms with Gasteiger partial charge in [-0.25, -0.2) is 4.98 Å². The van der Waals surface area contributed by atoms with Gasteiger partial charge in [0.1, 0.15) is 5.76 Å². The molecule has 4 heteroatoms. The first kappa shape index (κ1) is 11.6. The number of aryl methyl sites for hydroxylation is 2. The molecule has 0 unspecified atom stereocenters. The summed E-state index contributed by atoms with van der Waals surface area (Å²) in [7, 11) is 0. The lowest BCUT2D eigenvalue weighted by molar-refractivity contribution is 0.0732. The molecule has 1 saturated heterocycles. The molecule has 1 aliphatic heterocycles. The summed E-state index contributed by atoms with van der Waals surface area (Å²) < 4.78 is 5.64. The predicted octanol–water partition coefficient (Wildman–Crippen LogP) is 1.48. The minimum absolute atomic E-state index is 0.175. The summed E-state index contributed by atoms with van der Waals surface area (Å²) in [5, 5.41) is 3.41. The van der Waals surface area contributed by atoms with Crippen molar-refractivity contribution in [2.75, 3.05) is 19.6 Å². The number of nitrogens with zero attached hydrogens (tertiary/aromatic N) is 2. The zero-order chi connectivity index (χ0) is 11.8. The summed E-state index contributed by atoms with van der Waals surface area (Å²) in [6, 6.07) is 0. The highest BCUT2D eigenvalue weighted by Crippen LogP contribution is 2.20. The summed E-state index contributed by atoms with van der Waals surface area (Å²) in [5.41, 5.74) is 1.18. The Labute approximate surface area is 97.0 Å². The molecule has 1 aromatic heterocycles. The largest absolute Gasteiger partial charge is 0.444 e. The maximum atomic E-state index is 5.64. The Hall–Kier alpha value is -0.870. The lowest BCUT2D eigenvalue weighted by atomic mass is 10.0. The monoisotopic (exact) mass is 223 g/mol. The van der Waals surface area contributed by atoms with E-state index in [2.05, 4.69) is 29.0 Å². The molecule has 90 valence electrons. The van der Waals surface area contributed by atoms with Gasteiger partial charge in [-0.05, 0) is 27.7 Å². The molecule has 16 heavy (non-hydrogen) atoms. The van der Waals surface area contributed by atoms with Crippen LogP contribution in [0.15, 0.2) is 4.42 Å². The Morgan fingerprint density at radius 2 is 2.19 bits per heavy atom. The molecule has 0 aromatic carbocycles. The topological polar surface area (TPSA) is 41.3 Å². The van der Waals surface area contributed by atoms with E-state index >= 15 is 0 Å². The van der Waals surface area contributed by atoms with E-state index in [1.807, 2.05) is 13.8 Å². The van der Waals surface area contributed by atoms with Gasteiger partial charge in [0.15, 0.2) is 0 Å². The van der Waals surface area contributed by atoms with Gasteiger partial charge < -0.3 is 9.73 Å². The molecular weight excluding hydrogens is 202 g/mol. The predicted molar refractivity (Wildman–Crippen MR) is 63.3 cm³/mol. The van der Waals surface area contributed by atoms with Crippen molar-refractivity contribution in [3.63, 3.8) is 0 Å². The van der Waals surface area contributed by atoms with Gasteiger partial charge in [0.05, 0.1) is 12.2 Å². The first-order chi connectivity index (χ1) is 7.49. The minimum atomic E-state index is 0.175. The van der Waals surface area contributed by atoms with E-state index in [0.29, 0.717) is 0 Å². The first-order valence-electron chi connectivity index (χ1n) is 5.88. The van der Waals surface area contributed by atoms with Gasteiger partial charge in [-0.3, -0.25) is 4.90 Å². The molecular formula is C12H21N3O. The molecule has 0 aliphatic carbocycles. The van der Waals surface area contributed by atoms with Gasteiger partial charge >= 0.3 is 0 Å². The summed E-state index contributed by atoms with van der Waals surface area (Å²) in [4.78, 5) is 6.87. The third-order valence-electron chi connectivity index (χ3n) is 3.37. The number of piperazine rings is 1. The Kier molecular flexibility index (Phi) is 3.04. The van der Waals surface area contributed by atoms with Gasteiger partial charge in [0, 0.05) is 25.2 Å². The van der Waals surface area contributed by atoms with Crippen molar-refractivity contribution in [2.24, 2.45) is 0 Å². The van der Waals surface area contributed by atoms with Crippen LogP contribution in [0.2, 0.25) is 0 Å². The van der Waals surface area contributed by atoms with Crippen LogP contribution in [0.4, 0.5) is 0 Å². The van der Waals surface area contributed by atoms with E-state index in [0.717, 1.165) is 43.5 Å². The average molecular weight is 223 g/mol. The van der Waals surface area contributed by atoms with Crippen molar-refractivity contribution in [1.82, 2.24) is 15.2 Å². The number of rotatable bonds is 2. The quantitative estimate of drug-likeness (QED) is 0.824. The standard InChI is InChI=1S/C12H21N3O/c1-9-10(2)16-11(14-9)7-15-6-5-13-8-12(15,3)4/h13H,5-8H2,1-4H3. The molecule has 0 bridgehead atoms. The van der Waals surface area contributed by atoms with Crippen LogP contribution >= 0.6 is 0 Å². The van der Waals surface area contributed by atoms with Crippen molar-refractivity contribution >= 4 is 0 Å². The molecule has 1 aliphatic rings. The highest BCUT2D eigenvalue weighted by atomic mass is 16.4. The number of oxazole rings is 1. The van der Waals surface area contributed by atoms with Gasteiger partial charge in [-0.15, -0.1) is 0 Å². The lowest BCUT2D eigenvalue weighted by Gasteiger charge is -2.42. The van der Waals surface area contributed by atoms with Gasteiger partial charge in [-0.1, -0.05) is 0 Å². The fourth-order valence-corrected chi connectivity index (χ4v) is 2.09. The van der Waals surface area contributed by atoms with Gasteiger partial charge in [0.2, 0.25) is 5.89 Å². The first-order valence-corrected chi connectivity index (χ1v) is 5.88. The fraction of sp³-hybridized carbons (Fsp3) is 0.750. The van der Waals surface area contributed by atoms with Crippen LogP contribution in [-0.2, 0) is 6.54 Å². The molecule has 2 heterocycles. The van der Waals surface area contributed by atoms with E-state index in [9.17, 15) is 0 Å². The van der Waals surface area contributed by atoms with Crippen LogP contribution in [0.1, 0.15) is 31.2 Å². The average Bonchev–Trinajstić information content (AvgIpc) is 2.50. The van der Waals surface area contributed by atoms with Crippen molar-refractivity contribution in [3.05, 3.63) is 17.3 Å². The minimum Gasteiger partial charge on any atom is -0.444 e. The van der Waals surface area contributed by atoms with Crippen molar-refractivity contribution in [2.45, 2.75) is 39.8 Å². The third-order valence-corrected chi connectivity index (χ3v) is 3.37. The lowest BCUT2D eigenvalue weighted by Crippen LogP contribution is -2.57. The summed E-state index contributed by atoms with van der Waals surface area (Å²) >= 11 is 0. The van der Waals surface area contributed by atoms with E-state index in [1.165, 1.54) is 0 Å². The molecule has 0 saturated carbocycles. The van der Waals surface area contributed by atoms with Crippen molar-refractivity contribution < 1.29 is 4.42 Å². The van der Waals surface area contributed by atoms with E-state index in [4.69, 9.17) is 4.42 Å². The Balaban J connectivity index is 2.08. The second-order valence-electron chi connectivity index (χ2n) is 5.16. The fourth-order valence-electron chi connectivity index (χ4n) is 2.09. The molecule has 1 aromatic rings. The van der Waals surface area contributed by atoms with E-state index < -0.39 is 0 Å². The number of hydrogen-bond acceptors (Lipinski definition) is 4. The summed E-state index contributed by atoms with van der Waals surface area (Å²) in [6.07, 6.45) is 0. The molecule has 1 N–H and O–H groups in total.